The van der Waals surface area contributed by atoms with Crippen molar-refractivity contribution in [2.45, 2.75) is 52.1 Å². The second-order valence-electron chi connectivity index (χ2n) is 9.43. The minimum absolute atomic E-state index is 0.0744. The van der Waals surface area contributed by atoms with Crippen molar-refractivity contribution in [3.8, 4) is 22.6 Å². The summed E-state index contributed by atoms with van der Waals surface area (Å²) in [6.45, 7) is 3.82. The van der Waals surface area contributed by atoms with Gasteiger partial charge in [-0.1, -0.05) is 31.6 Å². The van der Waals surface area contributed by atoms with Gasteiger partial charge in [0.15, 0.2) is 34.8 Å². The number of rotatable bonds is 10. The quantitative estimate of drug-likeness (QED) is 0.137. The van der Waals surface area contributed by atoms with Gasteiger partial charge in [-0.25, -0.2) is 22.4 Å². The molecule has 0 amide bonds. The fourth-order valence-electron chi connectivity index (χ4n) is 4.52. The molecule has 0 fully saturated rings. The van der Waals surface area contributed by atoms with Gasteiger partial charge in [-0.15, -0.1) is 0 Å². The molecule has 1 aliphatic carbocycles. The Kier molecular flexibility index (Phi) is 9.62. The van der Waals surface area contributed by atoms with Crippen LogP contribution < -0.4 is 9.47 Å². The first-order chi connectivity index (χ1) is 19.7. The number of esters is 1. The molecule has 3 aromatic rings. The largest absolute Gasteiger partial charge is 0.491 e. The zero-order valence-corrected chi connectivity index (χ0v) is 22.5. The van der Waals surface area contributed by atoms with Gasteiger partial charge in [0.25, 0.3) is 0 Å². The molecule has 4 rings (SSSR count). The molecular weight excluding hydrogens is 550 g/mol. The average molecular weight is 579 g/mol. The fourth-order valence-corrected chi connectivity index (χ4v) is 4.52. The highest BCUT2D eigenvalue weighted by Gasteiger charge is 2.27. The summed E-state index contributed by atoms with van der Waals surface area (Å²) >= 11 is 0. The van der Waals surface area contributed by atoms with Crippen LogP contribution in [0.25, 0.3) is 16.7 Å². The number of unbranched alkanes of at least 4 members (excludes halogenated alkanes) is 1. The molecule has 0 saturated heterocycles. The maximum atomic E-state index is 15.1. The predicted octanol–water partition coefficient (Wildman–Crippen LogP) is 8.56. The van der Waals surface area contributed by atoms with E-state index >= 15 is 8.78 Å². The molecule has 0 N–H and O–H groups in total. The molecule has 1 unspecified atom stereocenters. The highest BCUT2D eigenvalue weighted by atomic mass is 19.2. The lowest BCUT2D eigenvalue weighted by atomic mass is 9.90. The van der Waals surface area contributed by atoms with Crippen molar-refractivity contribution >= 4 is 11.5 Å². The van der Waals surface area contributed by atoms with Gasteiger partial charge in [0.1, 0.15) is 6.10 Å². The SMILES string of the molecule is CCCCOc1ccc(C(=O)OC2CC=C(c3ccc(-c4ccc(OCC)c(F)c4F)c(F)c3F)CC2)c(F)c1F. The lowest BCUT2D eigenvalue weighted by Crippen LogP contribution is -2.21. The Hall–Kier alpha value is -3.95. The lowest BCUT2D eigenvalue weighted by Gasteiger charge is -2.23. The number of benzene rings is 3. The van der Waals surface area contributed by atoms with E-state index in [9.17, 15) is 22.4 Å². The lowest BCUT2D eigenvalue weighted by molar-refractivity contribution is 0.0278. The molecule has 41 heavy (non-hydrogen) atoms. The third-order valence-corrected chi connectivity index (χ3v) is 6.72. The number of carbonyl (C=O) groups excluding carboxylic acids is 1. The molecular formula is C31H28F6O4. The van der Waals surface area contributed by atoms with E-state index in [4.69, 9.17) is 14.2 Å². The van der Waals surface area contributed by atoms with Crippen LogP contribution in [0.4, 0.5) is 26.3 Å². The Labute approximate surface area is 233 Å². The summed E-state index contributed by atoms with van der Waals surface area (Å²) in [4.78, 5) is 12.5. The number of halogens is 6. The zero-order valence-electron chi connectivity index (χ0n) is 22.5. The summed E-state index contributed by atoms with van der Waals surface area (Å²) < 4.78 is 103. The van der Waals surface area contributed by atoms with E-state index in [1.807, 2.05) is 6.92 Å². The highest BCUT2D eigenvalue weighted by Crippen LogP contribution is 2.37. The first-order valence-corrected chi connectivity index (χ1v) is 13.3. The van der Waals surface area contributed by atoms with Crippen LogP contribution in [0, 0.1) is 34.9 Å². The summed E-state index contributed by atoms with van der Waals surface area (Å²) in [5.41, 5.74) is -1.14. The van der Waals surface area contributed by atoms with Crippen LogP contribution in [0.15, 0.2) is 42.5 Å². The summed E-state index contributed by atoms with van der Waals surface area (Å²) in [5, 5.41) is 0. The minimum atomic E-state index is -1.38. The van der Waals surface area contributed by atoms with Gasteiger partial charge in [-0.3, -0.25) is 0 Å². The van der Waals surface area contributed by atoms with Gasteiger partial charge >= 0.3 is 5.97 Å². The van der Waals surface area contributed by atoms with Crippen molar-refractivity contribution in [3.63, 3.8) is 0 Å². The minimum Gasteiger partial charge on any atom is -0.491 e. The van der Waals surface area contributed by atoms with E-state index in [-0.39, 0.29) is 49.5 Å². The molecule has 4 nitrogen and oxygen atoms in total. The van der Waals surface area contributed by atoms with Crippen molar-refractivity contribution in [3.05, 3.63) is 88.5 Å². The Morgan fingerprint density at radius 2 is 1.34 bits per heavy atom. The van der Waals surface area contributed by atoms with E-state index in [2.05, 4.69) is 0 Å². The molecule has 0 heterocycles. The zero-order chi connectivity index (χ0) is 29.7. The van der Waals surface area contributed by atoms with E-state index in [1.165, 1.54) is 6.07 Å². The normalized spacial score (nSPS) is 14.9. The van der Waals surface area contributed by atoms with Gasteiger partial charge in [0.2, 0.25) is 11.6 Å². The molecule has 1 atom stereocenters. The van der Waals surface area contributed by atoms with Gasteiger partial charge in [-0.05, 0) is 56.0 Å². The topological polar surface area (TPSA) is 44.8 Å². The van der Waals surface area contributed by atoms with Crippen LogP contribution in [0.2, 0.25) is 0 Å². The third-order valence-electron chi connectivity index (χ3n) is 6.72. The average Bonchev–Trinajstić information content (AvgIpc) is 2.96. The van der Waals surface area contributed by atoms with Crippen molar-refractivity contribution in [1.29, 1.82) is 0 Å². The third kappa shape index (κ3) is 6.36. The molecule has 0 radical (unpaired) electrons. The number of hydrogen-bond donors (Lipinski definition) is 0. The van der Waals surface area contributed by atoms with Gasteiger partial charge < -0.3 is 14.2 Å². The summed E-state index contributed by atoms with van der Waals surface area (Å²) in [5.74, 6) is -9.61. The van der Waals surface area contributed by atoms with Crippen LogP contribution in [0.5, 0.6) is 11.5 Å². The van der Waals surface area contributed by atoms with Crippen molar-refractivity contribution in [2.75, 3.05) is 13.2 Å². The molecule has 0 saturated carbocycles. The molecule has 0 spiro atoms. The van der Waals surface area contributed by atoms with E-state index in [0.717, 1.165) is 36.8 Å². The van der Waals surface area contributed by atoms with Crippen molar-refractivity contribution in [2.24, 2.45) is 0 Å². The number of allylic oxidation sites excluding steroid dienone is 1. The smallest absolute Gasteiger partial charge is 0.341 e. The monoisotopic (exact) mass is 578 g/mol. The molecule has 0 aromatic heterocycles. The Balaban J connectivity index is 1.46. The van der Waals surface area contributed by atoms with E-state index in [0.29, 0.717) is 12.0 Å². The van der Waals surface area contributed by atoms with Gasteiger partial charge in [0, 0.05) is 23.1 Å². The molecule has 0 aliphatic heterocycles. The van der Waals surface area contributed by atoms with Crippen molar-refractivity contribution in [1.82, 2.24) is 0 Å². The van der Waals surface area contributed by atoms with Crippen LogP contribution >= 0.6 is 0 Å². The fraction of sp³-hybridized carbons (Fsp3) is 0.323. The second kappa shape index (κ2) is 13.1. The van der Waals surface area contributed by atoms with E-state index in [1.54, 1.807) is 13.0 Å². The standard InChI is InChI=1S/C31H28F6O4/c1-3-5-16-40-24-15-13-22(28(35)30(24)37)31(38)41-18-8-6-17(7-9-18)19-10-11-20(26(33)25(19)32)21-12-14-23(39-4-2)29(36)27(21)34/h6,10-15,18H,3-5,7-9,16H2,1-2H3. The molecule has 1 aliphatic rings. The van der Waals surface area contributed by atoms with E-state index < -0.39 is 63.7 Å². The summed E-state index contributed by atoms with van der Waals surface area (Å²) in [6.07, 6.45) is 2.82. The van der Waals surface area contributed by atoms with Gasteiger partial charge in [-0.2, -0.15) is 8.78 Å². The van der Waals surface area contributed by atoms with Crippen LogP contribution in [0.3, 0.4) is 0 Å². The molecule has 0 bridgehead atoms. The number of ether oxygens (including phenoxy) is 3. The number of hydrogen-bond acceptors (Lipinski definition) is 4. The number of carbonyl (C=O) groups is 1. The van der Waals surface area contributed by atoms with Crippen LogP contribution in [0.1, 0.15) is 61.9 Å². The Morgan fingerprint density at radius 1 is 0.756 bits per heavy atom. The Bertz CT molecular complexity index is 1470. The molecule has 10 heteroatoms. The maximum absolute atomic E-state index is 15.1. The van der Waals surface area contributed by atoms with Crippen LogP contribution in [-0.4, -0.2) is 25.3 Å². The van der Waals surface area contributed by atoms with Gasteiger partial charge in [0.05, 0.1) is 18.8 Å². The summed E-state index contributed by atoms with van der Waals surface area (Å²) in [7, 11) is 0. The Morgan fingerprint density at radius 3 is 2.00 bits per heavy atom. The van der Waals surface area contributed by atoms with Crippen molar-refractivity contribution < 1.29 is 45.3 Å². The molecule has 3 aromatic carbocycles. The summed E-state index contributed by atoms with van der Waals surface area (Å²) in [6, 6.07) is 6.93. The highest BCUT2D eigenvalue weighted by molar-refractivity contribution is 5.90. The second-order valence-corrected chi connectivity index (χ2v) is 9.43. The maximum Gasteiger partial charge on any atom is 0.341 e. The first kappa shape index (κ1) is 30.0. The van der Waals surface area contributed by atoms with Crippen LogP contribution in [-0.2, 0) is 4.74 Å². The first-order valence-electron chi connectivity index (χ1n) is 13.3. The molecule has 218 valence electrons. The predicted molar refractivity (Wildman–Crippen MR) is 141 cm³/mol.